The van der Waals surface area contributed by atoms with Crippen LogP contribution < -0.4 is 16.2 Å². The predicted octanol–water partition coefficient (Wildman–Crippen LogP) is 3.66. The van der Waals surface area contributed by atoms with Gasteiger partial charge in [-0.2, -0.15) is 5.10 Å². The monoisotopic (exact) mass is 501 g/mol. The van der Waals surface area contributed by atoms with E-state index in [4.69, 9.17) is 30.7 Å². The predicted molar refractivity (Wildman–Crippen MR) is 136 cm³/mol. The lowest BCUT2D eigenvalue weighted by atomic mass is 9.74. The van der Waals surface area contributed by atoms with Gasteiger partial charge >= 0.3 is 6.09 Å². The summed E-state index contributed by atoms with van der Waals surface area (Å²) in [6, 6.07) is 18.8. The first-order chi connectivity index (χ1) is 17.9. The molecule has 4 aromatic rings. The lowest BCUT2D eigenvalue weighted by Gasteiger charge is -2.40. The third kappa shape index (κ3) is 4.58. The number of aromatic nitrogens is 3. The zero-order valence-electron chi connectivity index (χ0n) is 20.3. The number of hydrogen-bond acceptors (Lipinski definition) is 7. The number of carbonyl (C=O) groups excluding carboxylic acids is 2. The Kier molecular flexibility index (Phi) is 6.49. The molecular weight excluding hydrogens is 474 g/mol. The standard InChI is InChI=1S/C27H27N5O5/c1-35-14-15-36-21-16-20(24(28)33)31-32-23(18-6-3-2-4-7-18)22(30-25(21)32)17-8-10-19(11-9-17)27(12-5-13-27)37-26(29)34/h2-4,6-11,16H,5,12-15H2,1H3,(H2,28,33)(H2,29,34). The summed E-state index contributed by atoms with van der Waals surface area (Å²) in [4.78, 5) is 28.5. The van der Waals surface area contributed by atoms with Crippen LogP contribution in [-0.4, -0.2) is 46.9 Å². The van der Waals surface area contributed by atoms with Crippen molar-refractivity contribution >= 4 is 17.6 Å². The summed E-state index contributed by atoms with van der Waals surface area (Å²) in [6.07, 6.45) is 1.62. The molecule has 0 aliphatic heterocycles. The smallest absolute Gasteiger partial charge is 0.405 e. The van der Waals surface area contributed by atoms with Crippen molar-refractivity contribution in [1.82, 2.24) is 14.6 Å². The molecule has 2 amide bonds. The Morgan fingerprint density at radius 2 is 1.73 bits per heavy atom. The van der Waals surface area contributed by atoms with Gasteiger partial charge in [-0.05, 0) is 24.8 Å². The van der Waals surface area contributed by atoms with E-state index < -0.39 is 17.6 Å². The first kappa shape index (κ1) is 24.3. The summed E-state index contributed by atoms with van der Waals surface area (Å²) in [5.74, 6) is -0.318. The number of amides is 2. The number of ether oxygens (including phenoxy) is 3. The van der Waals surface area contributed by atoms with Gasteiger partial charge in [0.05, 0.1) is 12.3 Å². The number of primary amides is 2. The van der Waals surface area contributed by atoms with Gasteiger partial charge in [-0.25, -0.2) is 14.3 Å². The Hall–Kier alpha value is -4.44. The molecule has 1 aliphatic carbocycles. The minimum Gasteiger partial charge on any atom is -0.487 e. The first-order valence-corrected chi connectivity index (χ1v) is 11.9. The SMILES string of the molecule is COCCOc1cc(C(N)=O)nn2c(-c3ccccc3)c(-c3ccc(C4(OC(N)=O)CCC4)cc3)nc12. The van der Waals surface area contributed by atoms with E-state index in [2.05, 4.69) is 5.10 Å². The van der Waals surface area contributed by atoms with Gasteiger partial charge in [0.15, 0.2) is 17.1 Å². The van der Waals surface area contributed by atoms with Crippen LogP contribution in [0.3, 0.4) is 0 Å². The fourth-order valence-corrected chi connectivity index (χ4v) is 4.58. The second kappa shape index (κ2) is 9.90. The summed E-state index contributed by atoms with van der Waals surface area (Å²) in [7, 11) is 1.58. The second-order valence-electron chi connectivity index (χ2n) is 8.86. The van der Waals surface area contributed by atoms with E-state index in [0.29, 0.717) is 29.4 Å². The molecule has 1 saturated carbocycles. The van der Waals surface area contributed by atoms with Crippen LogP contribution in [0.25, 0.3) is 28.2 Å². The maximum atomic E-state index is 12.1. The average Bonchev–Trinajstić information content (AvgIpc) is 3.26. The third-order valence-corrected chi connectivity index (χ3v) is 6.54. The topological polar surface area (TPSA) is 144 Å². The van der Waals surface area contributed by atoms with Crippen molar-refractivity contribution in [2.45, 2.75) is 24.9 Å². The van der Waals surface area contributed by atoms with E-state index in [1.807, 2.05) is 54.6 Å². The molecule has 0 atom stereocenters. The van der Waals surface area contributed by atoms with Gasteiger partial charge in [0.1, 0.15) is 17.9 Å². The van der Waals surface area contributed by atoms with Gasteiger partial charge in [-0.3, -0.25) is 4.79 Å². The van der Waals surface area contributed by atoms with Gasteiger partial charge in [-0.15, -0.1) is 0 Å². The number of hydrogen-bond donors (Lipinski definition) is 2. The molecule has 4 N–H and O–H groups in total. The zero-order valence-corrected chi connectivity index (χ0v) is 20.3. The summed E-state index contributed by atoms with van der Waals surface area (Å²) in [5, 5.41) is 4.50. The molecule has 37 heavy (non-hydrogen) atoms. The number of methoxy groups -OCH3 is 1. The first-order valence-electron chi connectivity index (χ1n) is 11.9. The Bertz CT molecular complexity index is 1450. The Morgan fingerprint density at radius 1 is 1.00 bits per heavy atom. The number of nitrogens with two attached hydrogens (primary N) is 2. The fraction of sp³-hybridized carbons (Fsp3) is 0.259. The minimum atomic E-state index is -0.784. The van der Waals surface area contributed by atoms with Crippen molar-refractivity contribution in [3.05, 3.63) is 71.9 Å². The Morgan fingerprint density at radius 3 is 2.32 bits per heavy atom. The molecule has 1 fully saturated rings. The number of carbonyl (C=O) groups is 2. The molecule has 5 rings (SSSR count). The van der Waals surface area contributed by atoms with E-state index in [9.17, 15) is 9.59 Å². The normalized spacial score (nSPS) is 14.2. The molecule has 10 nitrogen and oxygen atoms in total. The van der Waals surface area contributed by atoms with Crippen molar-refractivity contribution in [2.24, 2.45) is 11.5 Å². The summed E-state index contributed by atoms with van der Waals surface area (Å²) in [5.41, 5.74) is 14.6. The highest BCUT2D eigenvalue weighted by Gasteiger charge is 2.42. The molecule has 0 saturated heterocycles. The third-order valence-electron chi connectivity index (χ3n) is 6.54. The summed E-state index contributed by atoms with van der Waals surface area (Å²) in [6.45, 7) is 0.615. The highest BCUT2D eigenvalue weighted by molar-refractivity contribution is 5.92. The van der Waals surface area contributed by atoms with E-state index in [1.165, 1.54) is 6.07 Å². The van der Waals surface area contributed by atoms with Crippen molar-refractivity contribution in [3.63, 3.8) is 0 Å². The summed E-state index contributed by atoms with van der Waals surface area (Å²) >= 11 is 0. The van der Waals surface area contributed by atoms with Crippen LogP contribution in [-0.2, 0) is 15.1 Å². The van der Waals surface area contributed by atoms with Gasteiger partial charge < -0.3 is 25.7 Å². The number of fused-ring (bicyclic) bond motifs is 1. The maximum Gasteiger partial charge on any atom is 0.405 e. The van der Waals surface area contributed by atoms with Crippen LogP contribution in [0.2, 0.25) is 0 Å². The Balaban J connectivity index is 1.67. The van der Waals surface area contributed by atoms with Crippen LogP contribution in [0.5, 0.6) is 5.75 Å². The zero-order chi connectivity index (χ0) is 26.0. The van der Waals surface area contributed by atoms with Crippen LogP contribution in [0, 0.1) is 0 Å². The van der Waals surface area contributed by atoms with E-state index in [1.54, 1.807) is 11.6 Å². The molecule has 0 spiro atoms. The average molecular weight is 502 g/mol. The highest BCUT2D eigenvalue weighted by atomic mass is 16.6. The molecule has 0 unspecified atom stereocenters. The minimum absolute atomic E-state index is 0.0481. The highest BCUT2D eigenvalue weighted by Crippen LogP contribution is 2.45. The number of rotatable bonds is 9. The molecular formula is C27H27N5O5. The Labute approximate surface area is 213 Å². The second-order valence-corrected chi connectivity index (χ2v) is 8.86. The van der Waals surface area contributed by atoms with Gasteiger partial charge in [-0.1, -0.05) is 54.6 Å². The van der Waals surface area contributed by atoms with Gasteiger partial charge in [0, 0.05) is 24.3 Å². The lowest BCUT2D eigenvalue weighted by molar-refractivity contribution is -0.0489. The van der Waals surface area contributed by atoms with Crippen molar-refractivity contribution in [3.8, 4) is 28.3 Å². The molecule has 2 aromatic carbocycles. The molecule has 190 valence electrons. The van der Waals surface area contributed by atoms with Crippen molar-refractivity contribution in [2.75, 3.05) is 20.3 Å². The maximum absolute atomic E-state index is 12.1. The lowest BCUT2D eigenvalue weighted by Crippen LogP contribution is -2.40. The number of benzene rings is 2. The fourth-order valence-electron chi connectivity index (χ4n) is 4.58. The van der Waals surface area contributed by atoms with E-state index >= 15 is 0 Å². The van der Waals surface area contributed by atoms with Crippen molar-refractivity contribution in [1.29, 1.82) is 0 Å². The largest absolute Gasteiger partial charge is 0.487 e. The molecule has 2 heterocycles. The molecule has 0 bridgehead atoms. The van der Waals surface area contributed by atoms with E-state index in [0.717, 1.165) is 36.0 Å². The van der Waals surface area contributed by atoms with Crippen LogP contribution in [0.4, 0.5) is 4.79 Å². The number of nitrogens with zero attached hydrogens (tertiary/aromatic N) is 3. The van der Waals surface area contributed by atoms with Crippen LogP contribution in [0.15, 0.2) is 60.7 Å². The molecule has 10 heteroatoms. The van der Waals surface area contributed by atoms with Crippen molar-refractivity contribution < 1.29 is 23.8 Å². The summed E-state index contributed by atoms with van der Waals surface area (Å²) < 4.78 is 18.1. The molecule has 2 aromatic heterocycles. The van der Waals surface area contributed by atoms with Gasteiger partial charge in [0.2, 0.25) is 0 Å². The number of imidazole rings is 1. The molecule has 1 aliphatic rings. The van der Waals surface area contributed by atoms with E-state index in [-0.39, 0.29) is 12.3 Å². The van der Waals surface area contributed by atoms with Crippen LogP contribution in [0.1, 0.15) is 35.3 Å². The quantitative estimate of drug-likeness (QED) is 0.333. The molecule has 0 radical (unpaired) electrons. The van der Waals surface area contributed by atoms with Crippen LogP contribution >= 0.6 is 0 Å². The van der Waals surface area contributed by atoms with Gasteiger partial charge in [0.25, 0.3) is 5.91 Å².